The predicted octanol–water partition coefficient (Wildman–Crippen LogP) is 2.60. The zero-order valence-electron chi connectivity index (χ0n) is 20.8. The first kappa shape index (κ1) is 27.9. The molecule has 0 bridgehead atoms. The molecule has 0 atom stereocenters. The van der Waals surface area contributed by atoms with E-state index in [4.69, 9.17) is 5.26 Å². The molecule has 1 aliphatic carbocycles. The Morgan fingerprint density at radius 3 is 2.54 bits per heavy atom. The number of piperazine rings is 1. The highest BCUT2D eigenvalue weighted by atomic mass is 16.2. The molecule has 9 nitrogen and oxygen atoms in total. The molecule has 2 aliphatic rings. The number of hydrogen-bond donors (Lipinski definition) is 3. The fourth-order valence-electron chi connectivity index (χ4n) is 4.16. The maximum Gasteiger partial charge on any atom is 0.317 e. The molecule has 1 saturated carbocycles. The molecule has 0 radical (unpaired) electrons. The lowest BCUT2D eigenvalue weighted by atomic mass is 9.96. The van der Waals surface area contributed by atoms with Gasteiger partial charge in [0.1, 0.15) is 0 Å². The Morgan fingerprint density at radius 2 is 1.94 bits per heavy atom. The highest BCUT2D eigenvalue weighted by Gasteiger charge is 2.20. The summed E-state index contributed by atoms with van der Waals surface area (Å²) in [7, 11) is 1.95. The molecule has 1 aromatic carbocycles. The third-order valence-corrected chi connectivity index (χ3v) is 6.18. The van der Waals surface area contributed by atoms with Crippen LogP contribution in [-0.4, -0.2) is 74.8 Å². The second kappa shape index (κ2) is 16.3. The van der Waals surface area contributed by atoms with Crippen molar-refractivity contribution >= 4 is 19.2 Å². The van der Waals surface area contributed by atoms with Crippen LogP contribution in [-0.2, 0) is 11.3 Å². The van der Waals surface area contributed by atoms with Crippen LogP contribution in [0.3, 0.4) is 0 Å². The standard InChI is InChI=1S/C15H18N4O.C11H21N3O/c1-17-10-15(7-8-18-12-20)19(2)11-14-5-3-13(9-16)4-6-14;15-11(14-8-6-12-7-9-14)13-10-4-2-1-3-5-10/h3-6,10,12H,1,7-8,11H2,2H3,(H,18,20);10,12H,1-9H2,(H,13,15)/b15-10-;. The lowest BCUT2D eigenvalue weighted by Crippen LogP contribution is -2.52. The maximum atomic E-state index is 11.9. The average molecular weight is 482 g/mol. The number of rotatable bonds is 9. The van der Waals surface area contributed by atoms with Gasteiger partial charge in [-0.3, -0.25) is 9.79 Å². The maximum absolute atomic E-state index is 11.9. The monoisotopic (exact) mass is 481 g/mol. The fraction of sp³-hybridized carbons (Fsp3) is 0.538. The van der Waals surface area contributed by atoms with Gasteiger partial charge < -0.3 is 25.8 Å². The number of amides is 3. The molecule has 0 unspecified atom stereocenters. The van der Waals surface area contributed by atoms with Gasteiger partial charge in [0, 0.05) is 70.7 Å². The first-order valence-corrected chi connectivity index (χ1v) is 12.4. The Kier molecular flexibility index (Phi) is 13.0. The number of carbonyl (C=O) groups is 2. The molecule has 1 aliphatic heterocycles. The number of urea groups is 1. The summed E-state index contributed by atoms with van der Waals surface area (Å²) >= 11 is 0. The number of aliphatic imine (C=N–C) groups is 1. The number of benzene rings is 1. The number of hydrogen-bond acceptors (Lipinski definition) is 6. The van der Waals surface area contributed by atoms with Gasteiger partial charge in [-0.25, -0.2) is 4.79 Å². The Labute approximate surface area is 209 Å². The van der Waals surface area contributed by atoms with Crippen LogP contribution in [0, 0.1) is 11.3 Å². The second-order valence-corrected chi connectivity index (χ2v) is 8.81. The molecule has 1 saturated heterocycles. The van der Waals surface area contributed by atoms with E-state index in [-0.39, 0.29) is 6.03 Å². The Hall–Kier alpha value is -3.38. The highest BCUT2D eigenvalue weighted by molar-refractivity contribution is 5.74. The zero-order valence-corrected chi connectivity index (χ0v) is 20.8. The Balaban J connectivity index is 0.000000256. The van der Waals surface area contributed by atoms with Crippen LogP contribution in [0.25, 0.3) is 0 Å². The molecule has 3 N–H and O–H groups in total. The van der Waals surface area contributed by atoms with Gasteiger partial charge in [0.15, 0.2) is 0 Å². The van der Waals surface area contributed by atoms with Gasteiger partial charge in [0.05, 0.1) is 11.6 Å². The summed E-state index contributed by atoms with van der Waals surface area (Å²) in [6, 6.07) is 10.1. The quantitative estimate of drug-likeness (QED) is 0.285. The lowest BCUT2D eigenvalue weighted by Gasteiger charge is -2.31. The van der Waals surface area contributed by atoms with Crippen molar-refractivity contribution in [2.24, 2.45) is 4.99 Å². The second-order valence-electron chi connectivity index (χ2n) is 8.81. The van der Waals surface area contributed by atoms with E-state index in [1.807, 2.05) is 29.0 Å². The molecular formula is C26H39N7O2. The van der Waals surface area contributed by atoms with E-state index in [0.29, 0.717) is 37.5 Å². The van der Waals surface area contributed by atoms with Gasteiger partial charge in [-0.05, 0) is 37.3 Å². The van der Waals surface area contributed by atoms with Gasteiger partial charge in [0.25, 0.3) is 0 Å². The average Bonchev–Trinajstić information content (AvgIpc) is 2.90. The fourth-order valence-corrected chi connectivity index (χ4v) is 4.16. The van der Waals surface area contributed by atoms with Crippen molar-refractivity contribution in [1.29, 1.82) is 5.26 Å². The van der Waals surface area contributed by atoms with Crippen LogP contribution >= 0.6 is 0 Å². The van der Waals surface area contributed by atoms with Crippen molar-refractivity contribution in [2.75, 3.05) is 39.8 Å². The Morgan fingerprint density at radius 1 is 1.26 bits per heavy atom. The molecule has 3 rings (SSSR count). The number of nitriles is 1. The smallest absolute Gasteiger partial charge is 0.317 e. The first-order chi connectivity index (χ1) is 17.1. The molecule has 35 heavy (non-hydrogen) atoms. The number of carbonyl (C=O) groups excluding carboxylic acids is 2. The van der Waals surface area contributed by atoms with Crippen molar-refractivity contribution < 1.29 is 9.59 Å². The molecule has 0 aromatic heterocycles. The summed E-state index contributed by atoms with van der Waals surface area (Å²) in [5.74, 6) is 0. The molecule has 1 aromatic rings. The molecular weight excluding hydrogens is 442 g/mol. The van der Waals surface area contributed by atoms with E-state index >= 15 is 0 Å². The van der Waals surface area contributed by atoms with Crippen LogP contribution in [0.1, 0.15) is 49.7 Å². The topological polar surface area (TPSA) is 113 Å². The van der Waals surface area contributed by atoms with Crippen molar-refractivity contribution in [1.82, 2.24) is 25.8 Å². The third-order valence-electron chi connectivity index (χ3n) is 6.18. The minimum absolute atomic E-state index is 0.142. The van der Waals surface area contributed by atoms with Crippen molar-refractivity contribution in [3.05, 3.63) is 47.3 Å². The molecule has 190 valence electrons. The van der Waals surface area contributed by atoms with E-state index in [1.165, 1.54) is 19.3 Å². The molecule has 3 amide bonds. The molecule has 2 fully saturated rings. The van der Waals surface area contributed by atoms with Crippen molar-refractivity contribution in [3.63, 3.8) is 0 Å². The van der Waals surface area contributed by atoms with Gasteiger partial charge in [-0.1, -0.05) is 31.4 Å². The van der Waals surface area contributed by atoms with Crippen molar-refractivity contribution in [2.45, 2.75) is 51.1 Å². The van der Waals surface area contributed by atoms with Crippen LogP contribution in [0.2, 0.25) is 0 Å². The zero-order chi connectivity index (χ0) is 25.3. The molecule has 0 spiro atoms. The first-order valence-electron chi connectivity index (χ1n) is 12.4. The number of nitrogens with zero attached hydrogens (tertiary/aromatic N) is 4. The minimum atomic E-state index is 0.142. The highest BCUT2D eigenvalue weighted by Crippen LogP contribution is 2.17. The summed E-state index contributed by atoms with van der Waals surface area (Å²) in [5.41, 5.74) is 2.73. The van der Waals surface area contributed by atoms with Crippen LogP contribution in [0.4, 0.5) is 4.79 Å². The van der Waals surface area contributed by atoms with Crippen LogP contribution in [0.15, 0.2) is 41.2 Å². The summed E-state index contributed by atoms with van der Waals surface area (Å²) in [4.78, 5) is 29.9. The van der Waals surface area contributed by atoms with Crippen molar-refractivity contribution in [3.8, 4) is 6.07 Å². The van der Waals surface area contributed by atoms with E-state index in [0.717, 1.165) is 50.3 Å². The summed E-state index contributed by atoms with van der Waals surface area (Å²) in [5, 5.41) is 17.8. The molecule has 9 heteroatoms. The summed E-state index contributed by atoms with van der Waals surface area (Å²) in [6.07, 6.45) is 9.26. The van der Waals surface area contributed by atoms with Crippen LogP contribution in [0.5, 0.6) is 0 Å². The third kappa shape index (κ3) is 10.6. The van der Waals surface area contributed by atoms with E-state index in [1.54, 1.807) is 18.3 Å². The van der Waals surface area contributed by atoms with Gasteiger partial charge in [-0.2, -0.15) is 5.26 Å². The SMILES string of the molecule is C=N/C=C(/CCNC=O)N(C)Cc1ccc(C#N)cc1.O=C(NC1CCCCC1)N1CCNCC1. The molecule has 1 heterocycles. The predicted molar refractivity (Wildman–Crippen MR) is 139 cm³/mol. The largest absolute Gasteiger partial charge is 0.372 e. The Bertz CT molecular complexity index is 851. The van der Waals surface area contributed by atoms with Crippen LogP contribution < -0.4 is 16.0 Å². The van der Waals surface area contributed by atoms with E-state index in [9.17, 15) is 9.59 Å². The summed E-state index contributed by atoms with van der Waals surface area (Å²) in [6.45, 7) is 8.27. The van der Waals surface area contributed by atoms with E-state index in [2.05, 4.69) is 33.7 Å². The normalized spacial score (nSPS) is 16.2. The van der Waals surface area contributed by atoms with Gasteiger partial charge >= 0.3 is 6.03 Å². The summed E-state index contributed by atoms with van der Waals surface area (Å²) < 4.78 is 0. The minimum Gasteiger partial charge on any atom is -0.372 e. The van der Waals surface area contributed by atoms with E-state index < -0.39 is 0 Å². The van der Waals surface area contributed by atoms with Gasteiger partial charge in [0.2, 0.25) is 6.41 Å². The lowest BCUT2D eigenvalue weighted by molar-refractivity contribution is -0.109. The number of nitrogens with one attached hydrogen (secondary N) is 3. The van der Waals surface area contributed by atoms with Gasteiger partial charge in [-0.15, -0.1) is 0 Å².